The Morgan fingerprint density at radius 3 is 2.40 bits per heavy atom. The van der Waals surface area contributed by atoms with Crippen LogP contribution in [0.15, 0.2) is 18.2 Å². The zero-order valence-corrected chi connectivity index (χ0v) is 13.5. The minimum atomic E-state index is 0.0288. The number of ether oxygens (including phenoxy) is 1. The summed E-state index contributed by atoms with van der Waals surface area (Å²) >= 11 is 0. The van der Waals surface area contributed by atoms with Gasteiger partial charge >= 0.3 is 0 Å². The van der Waals surface area contributed by atoms with Crippen LogP contribution in [-0.4, -0.2) is 6.61 Å². The minimum absolute atomic E-state index is 0.0288. The van der Waals surface area contributed by atoms with Gasteiger partial charge in [-0.3, -0.25) is 0 Å². The fraction of sp³-hybridized carbons (Fsp3) is 0.667. The topological polar surface area (TPSA) is 35.2 Å². The molecule has 0 saturated heterocycles. The highest BCUT2D eigenvalue weighted by atomic mass is 16.5. The average Bonchev–Trinajstić information content (AvgIpc) is 2.44. The Morgan fingerprint density at radius 1 is 1.05 bits per heavy atom. The van der Waals surface area contributed by atoms with Gasteiger partial charge in [-0.1, -0.05) is 51.2 Å². The van der Waals surface area contributed by atoms with Crippen LogP contribution in [0.1, 0.15) is 76.5 Å². The Hall–Kier alpha value is -1.02. The van der Waals surface area contributed by atoms with Crippen molar-refractivity contribution in [3.63, 3.8) is 0 Å². The molecule has 114 valence electrons. The van der Waals surface area contributed by atoms with Crippen molar-refractivity contribution >= 4 is 0 Å². The Bertz CT molecular complexity index is 374. The normalized spacial score (nSPS) is 12.4. The van der Waals surface area contributed by atoms with Crippen molar-refractivity contribution in [1.29, 1.82) is 0 Å². The largest absolute Gasteiger partial charge is 0.494 e. The Labute approximate surface area is 124 Å². The van der Waals surface area contributed by atoms with E-state index >= 15 is 0 Å². The molecule has 0 heterocycles. The summed E-state index contributed by atoms with van der Waals surface area (Å²) in [6.45, 7) is 6.98. The number of nitrogens with two attached hydrogens (primary N) is 1. The summed E-state index contributed by atoms with van der Waals surface area (Å²) in [5, 5.41) is 0. The smallest absolute Gasteiger partial charge is 0.124 e. The van der Waals surface area contributed by atoms with Crippen LogP contribution >= 0.6 is 0 Å². The highest BCUT2D eigenvalue weighted by Gasteiger charge is 2.09. The summed E-state index contributed by atoms with van der Waals surface area (Å²) in [7, 11) is 0. The second-order valence-electron chi connectivity index (χ2n) is 5.61. The van der Waals surface area contributed by atoms with Crippen LogP contribution in [0.2, 0.25) is 0 Å². The SMILES string of the molecule is CCCCCCCCc1ccc(OCC)c(C(C)N)c1. The Kier molecular flexibility index (Phi) is 8.36. The molecular formula is C18H31NO. The molecule has 1 aromatic rings. The first-order valence-electron chi connectivity index (χ1n) is 8.20. The second kappa shape index (κ2) is 9.82. The zero-order valence-electron chi connectivity index (χ0n) is 13.5. The van der Waals surface area contributed by atoms with Crippen LogP contribution in [0.3, 0.4) is 0 Å². The number of aryl methyl sites for hydroxylation is 1. The van der Waals surface area contributed by atoms with Crippen molar-refractivity contribution in [2.45, 2.75) is 71.8 Å². The van der Waals surface area contributed by atoms with E-state index in [1.54, 1.807) is 0 Å². The van der Waals surface area contributed by atoms with Gasteiger partial charge in [0, 0.05) is 11.6 Å². The van der Waals surface area contributed by atoms with Crippen molar-refractivity contribution < 1.29 is 4.74 Å². The summed E-state index contributed by atoms with van der Waals surface area (Å²) in [5.74, 6) is 0.939. The van der Waals surface area contributed by atoms with Gasteiger partial charge < -0.3 is 10.5 Å². The molecule has 2 nitrogen and oxygen atoms in total. The number of rotatable bonds is 10. The van der Waals surface area contributed by atoms with Crippen LogP contribution in [0.5, 0.6) is 5.75 Å². The van der Waals surface area contributed by atoms with Crippen LogP contribution < -0.4 is 10.5 Å². The Balaban J connectivity index is 2.48. The Morgan fingerprint density at radius 2 is 1.75 bits per heavy atom. The van der Waals surface area contributed by atoms with Gasteiger partial charge in [-0.05, 0) is 38.3 Å². The first-order chi connectivity index (χ1) is 9.69. The van der Waals surface area contributed by atoms with Crippen LogP contribution in [0, 0.1) is 0 Å². The van der Waals surface area contributed by atoms with Gasteiger partial charge in [0.1, 0.15) is 5.75 Å². The third-order valence-corrected chi connectivity index (χ3v) is 3.68. The van der Waals surface area contributed by atoms with E-state index in [0.29, 0.717) is 6.61 Å². The molecule has 2 N–H and O–H groups in total. The van der Waals surface area contributed by atoms with Crippen molar-refractivity contribution in [2.24, 2.45) is 5.73 Å². The maximum atomic E-state index is 6.04. The quantitative estimate of drug-likeness (QED) is 0.610. The lowest BCUT2D eigenvalue weighted by atomic mass is 10.00. The first-order valence-corrected chi connectivity index (χ1v) is 8.20. The summed E-state index contributed by atoms with van der Waals surface area (Å²) in [5.41, 5.74) is 8.56. The van der Waals surface area contributed by atoms with Gasteiger partial charge in [0.05, 0.1) is 6.61 Å². The van der Waals surface area contributed by atoms with Crippen molar-refractivity contribution in [3.8, 4) is 5.75 Å². The summed E-state index contributed by atoms with van der Waals surface area (Å²) in [6.07, 6.45) is 9.19. The van der Waals surface area contributed by atoms with Gasteiger partial charge in [0.25, 0.3) is 0 Å². The third kappa shape index (κ3) is 5.96. The molecule has 20 heavy (non-hydrogen) atoms. The fourth-order valence-corrected chi connectivity index (χ4v) is 2.51. The lowest BCUT2D eigenvalue weighted by Crippen LogP contribution is -2.08. The van der Waals surface area contributed by atoms with Crippen LogP contribution in [0.25, 0.3) is 0 Å². The lowest BCUT2D eigenvalue weighted by molar-refractivity contribution is 0.334. The van der Waals surface area contributed by atoms with Crippen molar-refractivity contribution in [3.05, 3.63) is 29.3 Å². The van der Waals surface area contributed by atoms with E-state index in [4.69, 9.17) is 10.5 Å². The van der Waals surface area contributed by atoms with Crippen LogP contribution in [0.4, 0.5) is 0 Å². The molecule has 1 rings (SSSR count). The molecule has 0 spiro atoms. The van der Waals surface area contributed by atoms with Crippen molar-refractivity contribution in [2.75, 3.05) is 6.61 Å². The van der Waals surface area contributed by atoms with E-state index in [0.717, 1.165) is 17.7 Å². The molecule has 0 aliphatic carbocycles. The van der Waals surface area contributed by atoms with Gasteiger partial charge in [-0.15, -0.1) is 0 Å². The number of hydrogen-bond acceptors (Lipinski definition) is 2. The minimum Gasteiger partial charge on any atom is -0.494 e. The molecule has 1 unspecified atom stereocenters. The summed E-state index contributed by atoms with van der Waals surface area (Å²) in [4.78, 5) is 0. The van der Waals surface area contributed by atoms with E-state index in [1.165, 1.54) is 44.1 Å². The van der Waals surface area contributed by atoms with E-state index < -0.39 is 0 Å². The lowest BCUT2D eigenvalue weighted by Gasteiger charge is -2.14. The van der Waals surface area contributed by atoms with Gasteiger partial charge in [-0.2, -0.15) is 0 Å². The standard InChI is InChI=1S/C18H31NO/c1-4-6-7-8-9-10-11-16-12-13-18(20-5-2)17(14-16)15(3)19/h12-15H,4-11,19H2,1-3H3. The van der Waals surface area contributed by atoms with Crippen LogP contribution in [-0.2, 0) is 6.42 Å². The molecule has 1 atom stereocenters. The molecular weight excluding hydrogens is 246 g/mol. The van der Waals surface area contributed by atoms with Crippen molar-refractivity contribution in [1.82, 2.24) is 0 Å². The average molecular weight is 277 g/mol. The molecule has 0 bridgehead atoms. The number of hydrogen-bond donors (Lipinski definition) is 1. The van der Waals surface area contributed by atoms with Gasteiger partial charge in [0.15, 0.2) is 0 Å². The number of benzene rings is 1. The molecule has 0 amide bonds. The molecule has 0 radical (unpaired) electrons. The number of unbranched alkanes of at least 4 members (excludes halogenated alkanes) is 5. The molecule has 2 heteroatoms. The first kappa shape index (κ1) is 17.0. The predicted octanol–water partition coefficient (Wildman–Crippen LogP) is 5.01. The zero-order chi connectivity index (χ0) is 14.8. The molecule has 0 aromatic heterocycles. The summed E-state index contributed by atoms with van der Waals surface area (Å²) in [6, 6.07) is 6.51. The monoisotopic (exact) mass is 277 g/mol. The molecule has 0 saturated carbocycles. The summed E-state index contributed by atoms with van der Waals surface area (Å²) < 4.78 is 5.64. The van der Waals surface area contributed by atoms with E-state index in [1.807, 2.05) is 13.8 Å². The maximum Gasteiger partial charge on any atom is 0.124 e. The fourth-order valence-electron chi connectivity index (χ4n) is 2.51. The predicted molar refractivity (Wildman–Crippen MR) is 87.3 cm³/mol. The second-order valence-corrected chi connectivity index (χ2v) is 5.61. The van der Waals surface area contributed by atoms with E-state index in [2.05, 4.69) is 25.1 Å². The third-order valence-electron chi connectivity index (χ3n) is 3.68. The van der Waals surface area contributed by atoms with E-state index in [9.17, 15) is 0 Å². The van der Waals surface area contributed by atoms with Gasteiger partial charge in [0.2, 0.25) is 0 Å². The molecule has 0 fully saturated rings. The van der Waals surface area contributed by atoms with E-state index in [-0.39, 0.29) is 6.04 Å². The molecule has 0 aliphatic heterocycles. The molecule has 1 aromatic carbocycles. The highest BCUT2D eigenvalue weighted by Crippen LogP contribution is 2.26. The highest BCUT2D eigenvalue weighted by molar-refractivity contribution is 5.39. The van der Waals surface area contributed by atoms with Gasteiger partial charge in [-0.25, -0.2) is 0 Å². The maximum absolute atomic E-state index is 6.04. The molecule has 0 aliphatic rings.